The van der Waals surface area contributed by atoms with Crippen molar-refractivity contribution in [1.29, 1.82) is 0 Å². The largest absolute Gasteiger partial charge is 0.497 e. The van der Waals surface area contributed by atoms with Crippen molar-refractivity contribution in [3.63, 3.8) is 0 Å². The highest BCUT2D eigenvalue weighted by molar-refractivity contribution is 6.35. The molecule has 0 saturated heterocycles. The van der Waals surface area contributed by atoms with Crippen LogP contribution in [0.2, 0.25) is 10.0 Å². The Bertz CT molecular complexity index is 1150. The number of nitrogens with one attached hydrogen (secondary N) is 2. The molecule has 1 amide bonds. The van der Waals surface area contributed by atoms with Gasteiger partial charge < -0.3 is 15.4 Å². The number of aromatic nitrogens is 2. The molecule has 2 N–H and O–H groups in total. The van der Waals surface area contributed by atoms with E-state index in [9.17, 15) is 18.0 Å². The lowest BCUT2D eigenvalue weighted by molar-refractivity contribution is -0.173. The fourth-order valence-corrected chi connectivity index (χ4v) is 3.86. The number of hydrogen-bond acceptors (Lipinski definition) is 4. The van der Waals surface area contributed by atoms with Crippen LogP contribution in [0.25, 0.3) is 0 Å². The van der Waals surface area contributed by atoms with E-state index in [2.05, 4.69) is 15.7 Å². The van der Waals surface area contributed by atoms with Crippen LogP contribution in [-0.2, 0) is 0 Å². The Labute approximate surface area is 191 Å². The first-order valence-electron chi connectivity index (χ1n) is 9.49. The maximum absolute atomic E-state index is 13.8. The summed E-state index contributed by atoms with van der Waals surface area (Å²) in [5.41, 5.74) is 0.698. The van der Waals surface area contributed by atoms with E-state index in [-0.39, 0.29) is 28.6 Å². The van der Waals surface area contributed by atoms with E-state index in [1.54, 1.807) is 30.3 Å². The number of alkyl halides is 3. The molecule has 0 saturated carbocycles. The second-order valence-electron chi connectivity index (χ2n) is 7.20. The van der Waals surface area contributed by atoms with Crippen molar-refractivity contribution in [3.8, 4) is 5.75 Å². The smallest absolute Gasteiger partial charge is 0.410 e. The molecule has 2 heterocycles. The first kappa shape index (κ1) is 22.3. The quantitative estimate of drug-likeness (QED) is 0.468. The highest BCUT2D eigenvalue weighted by atomic mass is 35.5. The number of rotatable bonds is 4. The lowest BCUT2D eigenvalue weighted by Crippen LogP contribution is -2.35. The van der Waals surface area contributed by atoms with Crippen LogP contribution in [0, 0.1) is 0 Å². The van der Waals surface area contributed by atoms with Crippen molar-refractivity contribution in [2.75, 3.05) is 17.7 Å². The Hall–Kier alpha value is -2.91. The molecule has 2 atom stereocenters. The average molecular weight is 485 g/mol. The zero-order valence-corrected chi connectivity index (χ0v) is 18.1. The fourth-order valence-electron chi connectivity index (χ4n) is 3.52. The molecule has 2 aromatic carbocycles. The van der Waals surface area contributed by atoms with Crippen molar-refractivity contribution in [3.05, 3.63) is 69.8 Å². The van der Waals surface area contributed by atoms with Gasteiger partial charge >= 0.3 is 6.18 Å². The van der Waals surface area contributed by atoms with Gasteiger partial charge in [-0.25, -0.2) is 4.68 Å². The second-order valence-corrected chi connectivity index (χ2v) is 8.04. The van der Waals surface area contributed by atoms with E-state index in [1.807, 2.05) is 0 Å². The predicted octanol–water partition coefficient (Wildman–Crippen LogP) is 6.11. The van der Waals surface area contributed by atoms with E-state index in [0.717, 1.165) is 4.68 Å². The van der Waals surface area contributed by atoms with E-state index < -0.39 is 24.2 Å². The second kappa shape index (κ2) is 8.55. The summed E-state index contributed by atoms with van der Waals surface area (Å²) in [4.78, 5) is 12.7. The first-order valence-corrected chi connectivity index (χ1v) is 10.2. The number of carbonyl (C=O) groups is 1. The number of nitrogens with zero attached hydrogens (tertiary/aromatic N) is 2. The van der Waals surface area contributed by atoms with Gasteiger partial charge in [0.15, 0.2) is 11.7 Å². The number of benzene rings is 2. The SMILES string of the molecule is COc1ccc([C@H]2C[C@H](C(F)(F)F)n3nc(C(=O)Nc4cc(Cl)ccc4Cl)cc3N2)cc1. The summed E-state index contributed by atoms with van der Waals surface area (Å²) in [6.45, 7) is 0. The third-order valence-electron chi connectivity index (χ3n) is 5.12. The van der Waals surface area contributed by atoms with Gasteiger partial charge in [0.2, 0.25) is 0 Å². The number of carbonyl (C=O) groups excluding carboxylic acids is 1. The van der Waals surface area contributed by atoms with Gasteiger partial charge in [-0.3, -0.25) is 4.79 Å². The number of methoxy groups -OCH3 is 1. The molecule has 11 heteroatoms. The molecule has 168 valence electrons. The standard InChI is InChI=1S/C21H17Cl2F3N4O2/c1-32-13-5-2-11(3-6-13)15-9-18(21(24,25)26)30-19(27-15)10-17(29-30)20(31)28-16-8-12(22)4-7-14(16)23/h2-8,10,15,18,27H,9H2,1H3,(H,28,31)/t15-,18-/m1/s1. The van der Waals surface area contributed by atoms with Crippen molar-refractivity contribution in [2.45, 2.75) is 24.7 Å². The van der Waals surface area contributed by atoms with Crippen LogP contribution in [-0.4, -0.2) is 29.0 Å². The molecule has 0 fully saturated rings. The molecule has 6 nitrogen and oxygen atoms in total. The van der Waals surface area contributed by atoms with E-state index in [4.69, 9.17) is 27.9 Å². The molecule has 1 aliphatic heterocycles. The summed E-state index contributed by atoms with van der Waals surface area (Å²) in [5.74, 6) is -0.0258. The Morgan fingerprint density at radius 3 is 2.56 bits per heavy atom. The lowest BCUT2D eigenvalue weighted by atomic mass is 9.97. The first-order chi connectivity index (χ1) is 15.2. The molecule has 0 spiro atoms. The Morgan fingerprint density at radius 2 is 1.91 bits per heavy atom. The monoisotopic (exact) mass is 484 g/mol. The van der Waals surface area contributed by atoms with Crippen LogP contribution >= 0.6 is 23.2 Å². The van der Waals surface area contributed by atoms with E-state index in [0.29, 0.717) is 16.3 Å². The van der Waals surface area contributed by atoms with Gasteiger partial charge in [0, 0.05) is 17.5 Å². The third kappa shape index (κ3) is 4.49. The minimum Gasteiger partial charge on any atom is -0.497 e. The molecule has 0 bridgehead atoms. The minimum absolute atomic E-state index is 0.0849. The maximum atomic E-state index is 13.8. The molecular weight excluding hydrogens is 468 g/mol. The number of halogens is 5. The average Bonchev–Trinajstić information content (AvgIpc) is 3.19. The normalized spacial score (nSPS) is 17.9. The Morgan fingerprint density at radius 1 is 1.19 bits per heavy atom. The van der Waals surface area contributed by atoms with Crippen LogP contribution in [0.1, 0.15) is 34.6 Å². The summed E-state index contributed by atoms with van der Waals surface area (Å²) in [5, 5.41) is 10.1. The van der Waals surface area contributed by atoms with Gasteiger partial charge in [-0.15, -0.1) is 0 Å². The van der Waals surface area contributed by atoms with E-state index in [1.165, 1.54) is 25.3 Å². The molecule has 1 aromatic heterocycles. The minimum atomic E-state index is -4.56. The number of amides is 1. The van der Waals surface area contributed by atoms with Crippen LogP contribution in [0.4, 0.5) is 24.7 Å². The number of anilines is 2. The van der Waals surface area contributed by atoms with Crippen LogP contribution in [0.3, 0.4) is 0 Å². The zero-order valence-electron chi connectivity index (χ0n) is 16.6. The van der Waals surface area contributed by atoms with Crippen molar-refractivity contribution >= 4 is 40.6 Å². The van der Waals surface area contributed by atoms with Gasteiger partial charge in [-0.1, -0.05) is 35.3 Å². The molecule has 3 aromatic rings. The summed E-state index contributed by atoms with van der Waals surface area (Å²) in [6, 6.07) is 9.99. The van der Waals surface area contributed by atoms with Crippen molar-refractivity contribution in [1.82, 2.24) is 9.78 Å². The molecule has 4 rings (SSSR count). The number of fused-ring (bicyclic) bond motifs is 1. The molecule has 0 radical (unpaired) electrons. The van der Waals surface area contributed by atoms with E-state index >= 15 is 0 Å². The van der Waals surface area contributed by atoms with Crippen molar-refractivity contribution < 1.29 is 22.7 Å². The lowest BCUT2D eigenvalue weighted by Gasteiger charge is -2.33. The van der Waals surface area contributed by atoms with Gasteiger partial charge in [-0.05, 0) is 35.9 Å². The van der Waals surface area contributed by atoms with Gasteiger partial charge in [0.25, 0.3) is 5.91 Å². The van der Waals surface area contributed by atoms with Crippen LogP contribution < -0.4 is 15.4 Å². The topological polar surface area (TPSA) is 68.2 Å². The number of ether oxygens (including phenoxy) is 1. The van der Waals surface area contributed by atoms with Crippen molar-refractivity contribution in [2.24, 2.45) is 0 Å². The summed E-state index contributed by atoms with van der Waals surface area (Å²) >= 11 is 12.0. The molecule has 32 heavy (non-hydrogen) atoms. The Balaban J connectivity index is 1.64. The van der Waals surface area contributed by atoms with Gasteiger partial charge in [-0.2, -0.15) is 18.3 Å². The van der Waals surface area contributed by atoms with Gasteiger partial charge in [0.1, 0.15) is 11.6 Å². The van der Waals surface area contributed by atoms with Crippen LogP contribution in [0.15, 0.2) is 48.5 Å². The summed E-state index contributed by atoms with van der Waals surface area (Å²) in [7, 11) is 1.51. The molecule has 0 aliphatic carbocycles. The fraction of sp³-hybridized carbons (Fsp3) is 0.238. The third-order valence-corrected chi connectivity index (χ3v) is 5.68. The predicted molar refractivity (Wildman–Crippen MR) is 116 cm³/mol. The zero-order chi connectivity index (χ0) is 23.0. The van der Waals surface area contributed by atoms with Crippen LogP contribution in [0.5, 0.6) is 5.75 Å². The van der Waals surface area contributed by atoms with Gasteiger partial charge in [0.05, 0.1) is 23.9 Å². The number of hydrogen-bond donors (Lipinski definition) is 2. The summed E-state index contributed by atoms with van der Waals surface area (Å²) < 4.78 is 47.4. The molecule has 0 unspecified atom stereocenters. The Kier molecular flexibility index (Phi) is 5.96. The molecule has 1 aliphatic rings. The molecular formula is C21H17Cl2F3N4O2. The summed E-state index contributed by atoms with van der Waals surface area (Å²) in [6.07, 6.45) is -4.84. The highest BCUT2D eigenvalue weighted by Gasteiger charge is 2.46. The highest BCUT2D eigenvalue weighted by Crippen LogP contribution is 2.43. The maximum Gasteiger partial charge on any atom is 0.410 e.